The summed E-state index contributed by atoms with van der Waals surface area (Å²) in [7, 11) is 0. The second-order valence-electron chi connectivity index (χ2n) is 23.2. The van der Waals surface area contributed by atoms with Crippen LogP contribution >= 0.6 is 54.0 Å². The van der Waals surface area contributed by atoms with E-state index in [-0.39, 0.29) is 114 Å². The largest absolute Gasteiger partial charge is 0.494 e. The van der Waals surface area contributed by atoms with E-state index in [1.807, 2.05) is 62.4 Å². The lowest BCUT2D eigenvalue weighted by Gasteiger charge is -2.29. The maximum atomic E-state index is 13.6. The maximum Gasteiger partial charge on any atom is 0.224 e. The van der Waals surface area contributed by atoms with Gasteiger partial charge in [-0.15, -0.1) is 0 Å². The third-order valence-corrected chi connectivity index (χ3v) is 17.1. The number of morpholine rings is 2. The third kappa shape index (κ3) is 24.6. The minimum Gasteiger partial charge on any atom is -0.494 e. The van der Waals surface area contributed by atoms with Crippen molar-refractivity contribution in [3.8, 4) is 11.5 Å². The molecule has 6 atom stereocenters. The Morgan fingerprint density at radius 1 is 0.487 bits per heavy atom. The first-order valence-corrected chi connectivity index (χ1v) is 29.7. The predicted octanol–water partition coefficient (Wildman–Crippen LogP) is 9.17. The van der Waals surface area contributed by atoms with Crippen LogP contribution in [0.25, 0.3) is 0 Å². The van der Waals surface area contributed by atoms with Crippen molar-refractivity contribution in [2.75, 3.05) is 78.9 Å². The van der Waals surface area contributed by atoms with Crippen molar-refractivity contribution in [2.45, 2.75) is 167 Å². The molecule has 18 heteroatoms. The summed E-state index contributed by atoms with van der Waals surface area (Å²) in [5.41, 5.74) is 2.14. The van der Waals surface area contributed by atoms with E-state index in [1.54, 1.807) is 0 Å². The number of amides is 2. The zero-order valence-electron chi connectivity index (χ0n) is 48.3. The molecule has 2 amide bonds. The van der Waals surface area contributed by atoms with Crippen molar-refractivity contribution in [1.82, 2.24) is 20.4 Å². The Morgan fingerprint density at radius 2 is 0.850 bits per heavy atom. The molecule has 6 aliphatic rings. The highest BCUT2D eigenvalue weighted by molar-refractivity contribution is 7.59. The minimum atomic E-state index is -0.488. The SMILES string of the molecule is CC1Cc2cccc(c2)OCCCC[C@@H](C(=O)CC2CCCC2)NC(=O)[C@H](CCN2CCOCC2)CC1=O.CC1Cc2cccc(c2)OCCCC[C@@H](C(=O)CC2CCCC2)NC(=O)[C@H](CCN2CCOCC2)CC1=O.S.S.S.S. The molecule has 2 saturated heterocycles. The van der Waals surface area contributed by atoms with Gasteiger partial charge < -0.3 is 29.6 Å². The fraction of sp³-hybridized carbons (Fsp3) is 0.710. The number of nitrogens with zero attached hydrogens (tertiary/aromatic N) is 2. The Balaban J connectivity index is 0.000000400. The Hall–Kier alpha value is -3.10. The lowest BCUT2D eigenvalue weighted by atomic mass is 9.88. The van der Waals surface area contributed by atoms with Crippen LogP contribution in [0.2, 0.25) is 0 Å². The third-order valence-electron chi connectivity index (χ3n) is 17.1. The van der Waals surface area contributed by atoms with E-state index in [4.69, 9.17) is 18.9 Å². The fourth-order valence-electron chi connectivity index (χ4n) is 12.1. The van der Waals surface area contributed by atoms with Gasteiger partial charge in [-0.2, -0.15) is 54.0 Å². The average molecular weight is 1190 g/mol. The zero-order chi connectivity index (χ0) is 53.5. The number of ketones is 4. The number of carbonyl (C=O) groups is 6. The number of benzene rings is 2. The molecule has 4 heterocycles. The smallest absolute Gasteiger partial charge is 0.224 e. The van der Waals surface area contributed by atoms with Gasteiger partial charge in [-0.05, 0) is 125 Å². The second kappa shape index (κ2) is 38.7. The molecule has 14 nitrogen and oxygen atoms in total. The molecule has 80 heavy (non-hydrogen) atoms. The predicted molar refractivity (Wildman–Crippen MR) is 336 cm³/mol. The number of hydrogen-bond donors (Lipinski definition) is 2. The van der Waals surface area contributed by atoms with Crippen molar-refractivity contribution < 1.29 is 47.7 Å². The summed E-state index contributed by atoms with van der Waals surface area (Å²) < 4.78 is 22.9. The molecule has 2 unspecified atom stereocenters. The molecule has 2 aromatic carbocycles. The number of carbonyl (C=O) groups excluding carboxylic acids is 6. The summed E-state index contributed by atoms with van der Waals surface area (Å²) in [5, 5.41) is 6.25. The van der Waals surface area contributed by atoms with Gasteiger partial charge in [0.25, 0.3) is 0 Å². The van der Waals surface area contributed by atoms with Gasteiger partial charge in [-0.25, -0.2) is 0 Å². The van der Waals surface area contributed by atoms with Gasteiger partial charge in [0.05, 0.1) is 51.7 Å². The molecular formula is C62H100N4O10S4. The lowest BCUT2D eigenvalue weighted by Crippen LogP contribution is -2.46. The molecule has 0 aromatic heterocycles. The minimum absolute atomic E-state index is 0. The summed E-state index contributed by atoms with van der Waals surface area (Å²) in [5.74, 6) is 1.45. The first-order valence-electron chi connectivity index (χ1n) is 29.7. The molecule has 4 aliphatic heterocycles. The lowest BCUT2D eigenvalue weighted by molar-refractivity contribution is -0.133. The fourth-order valence-corrected chi connectivity index (χ4v) is 12.1. The van der Waals surface area contributed by atoms with Gasteiger partial charge in [0.1, 0.15) is 23.1 Å². The van der Waals surface area contributed by atoms with Crippen molar-refractivity contribution in [3.63, 3.8) is 0 Å². The maximum absolute atomic E-state index is 13.6. The van der Waals surface area contributed by atoms with E-state index in [0.717, 1.165) is 113 Å². The van der Waals surface area contributed by atoms with Gasteiger partial charge in [-0.1, -0.05) is 89.5 Å². The summed E-state index contributed by atoms with van der Waals surface area (Å²) >= 11 is 0. The van der Waals surface area contributed by atoms with Crippen molar-refractivity contribution in [2.24, 2.45) is 35.5 Å². The van der Waals surface area contributed by atoms with E-state index < -0.39 is 23.9 Å². The highest BCUT2D eigenvalue weighted by atomic mass is 32.1. The Labute approximate surface area is 507 Å². The van der Waals surface area contributed by atoms with Gasteiger partial charge >= 0.3 is 0 Å². The van der Waals surface area contributed by atoms with Crippen LogP contribution in [0, 0.1) is 35.5 Å². The van der Waals surface area contributed by atoms with E-state index >= 15 is 0 Å². The average Bonchev–Trinajstić information content (AvgIpc) is 4.15. The van der Waals surface area contributed by atoms with Gasteiger partial charge in [0, 0.05) is 75.5 Å². The van der Waals surface area contributed by atoms with Crippen LogP contribution in [0.4, 0.5) is 0 Å². The number of rotatable bonds is 12. The van der Waals surface area contributed by atoms with Crippen LogP contribution < -0.4 is 20.1 Å². The molecule has 2 N–H and O–H groups in total. The zero-order valence-corrected chi connectivity index (χ0v) is 52.3. The van der Waals surface area contributed by atoms with E-state index in [0.29, 0.717) is 103 Å². The monoisotopic (exact) mass is 1190 g/mol. The molecule has 4 bridgehead atoms. The summed E-state index contributed by atoms with van der Waals surface area (Å²) in [6, 6.07) is 15.0. The first-order chi connectivity index (χ1) is 36.9. The van der Waals surface area contributed by atoms with Crippen LogP contribution in [0.1, 0.15) is 153 Å². The van der Waals surface area contributed by atoms with Gasteiger partial charge in [-0.3, -0.25) is 38.6 Å². The van der Waals surface area contributed by atoms with Crippen molar-refractivity contribution >= 4 is 88.9 Å². The standard InChI is InChI=1S/2C31H46N2O5.4H2S/c2*1-23-19-25-9-6-10-27(20-25)38-16-5-4-11-28(30(35)21-24-7-2-3-8-24)32-31(36)26(22-29(23)34)12-13-33-14-17-37-18-15-33;;;;/h2*6,9-10,20,23-24,26,28H,2-5,7-8,11-19,21-22H2,1H3,(H,32,36);4*1H2/t2*23?,26-,28+;;;;/m11..../s1. The van der Waals surface area contributed by atoms with Crippen LogP contribution in [-0.4, -0.2) is 136 Å². The second-order valence-corrected chi connectivity index (χ2v) is 23.2. The highest BCUT2D eigenvalue weighted by Gasteiger charge is 2.33. The highest BCUT2D eigenvalue weighted by Crippen LogP contribution is 2.31. The summed E-state index contributed by atoms with van der Waals surface area (Å²) in [4.78, 5) is 85.3. The molecule has 4 fully saturated rings. The number of Topliss-reactive ketones (excluding diaryl/α,β-unsaturated/α-hetero) is 4. The van der Waals surface area contributed by atoms with Crippen LogP contribution in [0.3, 0.4) is 0 Å². The molecular weight excluding hydrogens is 1090 g/mol. The van der Waals surface area contributed by atoms with Crippen LogP contribution in [-0.2, 0) is 51.1 Å². The Morgan fingerprint density at radius 3 is 1.23 bits per heavy atom. The molecule has 8 rings (SSSR count). The number of hydrogen-bond acceptors (Lipinski definition) is 12. The van der Waals surface area contributed by atoms with Gasteiger partial charge in [0.15, 0.2) is 11.6 Å². The topological polar surface area (TPSA) is 170 Å². The molecule has 2 aromatic rings. The van der Waals surface area contributed by atoms with Crippen molar-refractivity contribution in [3.05, 3.63) is 59.7 Å². The first kappa shape index (κ1) is 71.2. The Bertz CT molecular complexity index is 2020. The number of fused-ring (bicyclic) bond motifs is 4. The quantitative estimate of drug-likeness (QED) is 0.207. The molecule has 2 saturated carbocycles. The van der Waals surface area contributed by atoms with Crippen LogP contribution in [0.5, 0.6) is 11.5 Å². The Kier molecular flexibility index (Phi) is 34.4. The van der Waals surface area contributed by atoms with Crippen molar-refractivity contribution in [1.29, 1.82) is 0 Å². The number of ether oxygens (including phenoxy) is 4. The molecule has 2 aliphatic carbocycles. The van der Waals surface area contributed by atoms with E-state index in [1.165, 1.54) is 25.7 Å². The molecule has 0 spiro atoms. The normalized spacial score (nSPS) is 25.7. The summed E-state index contributed by atoms with van der Waals surface area (Å²) in [6.45, 7) is 12.7. The van der Waals surface area contributed by atoms with Gasteiger partial charge in [0.2, 0.25) is 11.8 Å². The molecule has 0 radical (unpaired) electrons. The molecule has 452 valence electrons. The number of nitrogens with one attached hydrogen (secondary N) is 2. The van der Waals surface area contributed by atoms with E-state index in [2.05, 4.69) is 20.4 Å². The van der Waals surface area contributed by atoms with Crippen LogP contribution in [0.15, 0.2) is 48.5 Å². The summed E-state index contributed by atoms with van der Waals surface area (Å²) in [6.07, 6.45) is 17.6. The van der Waals surface area contributed by atoms with E-state index in [9.17, 15) is 28.8 Å².